The van der Waals surface area contributed by atoms with Gasteiger partial charge in [0.05, 0.1) is 13.2 Å². The first-order valence-electron chi connectivity index (χ1n) is 8.72. The normalized spacial score (nSPS) is 28.1. The van der Waals surface area contributed by atoms with Crippen molar-refractivity contribution >= 4 is 18.3 Å². The molecule has 1 aromatic heterocycles. The van der Waals surface area contributed by atoms with Crippen LogP contribution in [0.3, 0.4) is 0 Å². The zero-order chi connectivity index (χ0) is 17.1. The molecule has 140 valence electrons. The van der Waals surface area contributed by atoms with Gasteiger partial charge in [-0.3, -0.25) is 9.59 Å². The van der Waals surface area contributed by atoms with E-state index in [1.807, 2.05) is 0 Å². The number of aromatic nitrogens is 2. The number of carbonyl (C=O) groups excluding carboxylic acids is 1. The smallest absolute Gasteiger partial charge is 0.271 e. The van der Waals surface area contributed by atoms with Gasteiger partial charge in [-0.25, -0.2) is 4.68 Å². The maximum absolute atomic E-state index is 12.6. The number of halogens is 1. The molecule has 7 nitrogen and oxygen atoms in total. The molecule has 2 aliphatic rings. The van der Waals surface area contributed by atoms with E-state index in [4.69, 9.17) is 10.5 Å². The molecule has 3 N–H and O–H groups in total. The molecule has 8 heteroatoms. The highest BCUT2D eigenvalue weighted by Crippen LogP contribution is 2.39. The van der Waals surface area contributed by atoms with Gasteiger partial charge in [0.25, 0.3) is 11.5 Å². The van der Waals surface area contributed by atoms with Crippen molar-refractivity contribution in [1.29, 1.82) is 0 Å². The largest absolute Gasteiger partial charge is 0.383 e. The second-order valence-electron chi connectivity index (χ2n) is 6.95. The van der Waals surface area contributed by atoms with E-state index < -0.39 is 0 Å². The highest BCUT2D eigenvalue weighted by atomic mass is 35.5. The van der Waals surface area contributed by atoms with Gasteiger partial charge in [0.1, 0.15) is 5.69 Å². The molecule has 1 heterocycles. The molecule has 1 amide bonds. The average molecular weight is 371 g/mol. The summed E-state index contributed by atoms with van der Waals surface area (Å²) < 4.78 is 6.24. The molecule has 0 spiro atoms. The molecule has 2 fully saturated rings. The number of nitrogens with zero attached hydrogens (tertiary/aromatic N) is 2. The van der Waals surface area contributed by atoms with Gasteiger partial charge in [-0.15, -0.1) is 12.4 Å². The van der Waals surface area contributed by atoms with Crippen LogP contribution in [-0.4, -0.2) is 41.5 Å². The Morgan fingerprint density at radius 1 is 1.36 bits per heavy atom. The number of fused-ring (bicyclic) bond motifs is 2. The maximum atomic E-state index is 12.6. The van der Waals surface area contributed by atoms with Crippen molar-refractivity contribution in [2.24, 2.45) is 17.6 Å². The van der Waals surface area contributed by atoms with Crippen LogP contribution in [0.4, 0.5) is 0 Å². The Bertz CT molecular complexity index is 637. The van der Waals surface area contributed by atoms with E-state index in [2.05, 4.69) is 10.4 Å². The number of amides is 1. The number of methoxy groups -OCH3 is 1. The molecule has 1 aromatic rings. The van der Waals surface area contributed by atoms with E-state index in [0.29, 0.717) is 25.0 Å². The third-order valence-corrected chi connectivity index (χ3v) is 5.28. The third kappa shape index (κ3) is 4.59. The monoisotopic (exact) mass is 370 g/mol. The van der Waals surface area contributed by atoms with Crippen molar-refractivity contribution in [3.8, 4) is 0 Å². The van der Waals surface area contributed by atoms with E-state index in [1.165, 1.54) is 23.2 Å². The molecule has 2 aliphatic carbocycles. The molecule has 3 rings (SSSR count). The van der Waals surface area contributed by atoms with Crippen LogP contribution in [0.5, 0.6) is 0 Å². The van der Waals surface area contributed by atoms with Crippen molar-refractivity contribution in [3.05, 3.63) is 28.2 Å². The highest BCUT2D eigenvalue weighted by Gasteiger charge is 2.40. The van der Waals surface area contributed by atoms with Gasteiger partial charge in [0.15, 0.2) is 0 Å². The zero-order valence-corrected chi connectivity index (χ0v) is 15.3. The fourth-order valence-electron chi connectivity index (χ4n) is 4.16. The number of ether oxygens (including phenoxy) is 1. The van der Waals surface area contributed by atoms with Crippen LogP contribution < -0.4 is 16.6 Å². The summed E-state index contributed by atoms with van der Waals surface area (Å²) in [4.78, 5) is 24.4. The van der Waals surface area contributed by atoms with E-state index in [1.54, 1.807) is 7.11 Å². The number of rotatable bonds is 5. The minimum absolute atomic E-state index is 0. The van der Waals surface area contributed by atoms with E-state index in [9.17, 15) is 9.59 Å². The Balaban J connectivity index is 0.00000225. The van der Waals surface area contributed by atoms with Gasteiger partial charge < -0.3 is 15.8 Å². The number of nitrogens with one attached hydrogen (secondary N) is 1. The van der Waals surface area contributed by atoms with Gasteiger partial charge in [0, 0.05) is 25.3 Å². The van der Waals surface area contributed by atoms with Crippen molar-refractivity contribution in [1.82, 2.24) is 15.1 Å². The number of hydrogen-bond donors (Lipinski definition) is 2. The lowest BCUT2D eigenvalue weighted by Crippen LogP contribution is -2.53. The van der Waals surface area contributed by atoms with Crippen LogP contribution in [0.1, 0.15) is 42.6 Å². The summed E-state index contributed by atoms with van der Waals surface area (Å²) in [7, 11) is 1.56. The predicted molar refractivity (Wildman–Crippen MR) is 96.9 cm³/mol. The number of hydrogen-bond acceptors (Lipinski definition) is 5. The van der Waals surface area contributed by atoms with Gasteiger partial charge in [0.2, 0.25) is 0 Å². The Labute approximate surface area is 153 Å². The van der Waals surface area contributed by atoms with Crippen LogP contribution >= 0.6 is 12.4 Å². The Morgan fingerprint density at radius 2 is 2.04 bits per heavy atom. The number of nitrogens with two attached hydrogens (primary N) is 1. The first kappa shape index (κ1) is 19.9. The maximum Gasteiger partial charge on any atom is 0.271 e. The quantitative estimate of drug-likeness (QED) is 0.803. The second kappa shape index (κ2) is 8.78. The lowest BCUT2D eigenvalue weighted by Gasteiger charge is -2.45. The van der Waals surface area contributed by atoms with Gasteiger partial charge in [-0.05, 0) is 43.6 Å². The van der Waals surface area contributed by atoms with Crippen LogP contribution in [0.2, 0.25) is 0 Å². The molecular formula is C17H27ClN4O3. The van der Waals surface area contributed by atoms with E-state index >= 15 is 0 Å². The molecule has 0 aromatic carbocycles. The van der Waals surface area contributed by atoms with Crippen molar-refractivity contribution in [2.75, 3.05) is 13.7 Å². The fourth-order valence-corrected chi connectivity index (χ4v) is 4.16. The summed E-state index contributed by atoms with van der Waals surface area (Å²) in [5.41, 5.74) is 6.18. The average Bonchev–Trinajstić information content (AvgIpc) is 2.55. The topological polar surface area (TPSA) is 99.2 Å². The van der Waals surface area contributed by atoms with Crippen LogP contribution in [-0.2, 0) is 11.3 Å². The summed E-state index contributed by atoms with van der Waals surface area (Å²) >= 11 is 0. The van der Waals surface area contributed by atoms with Crippen molar-refractivity contribution < 1.29 is 9.53 Å². The molecule has 0 saturated heterocycles. The minimum Gasteiger partial charge on any atom is -0.383 e. The molecule has 0 radical (unpaired) electrons. The summed E-state index contributed by atoms with van der Waals surface area (Å²) in [6, 6.07) is 3.30. The summed E-state index contributed by atoms with van der Waals surface area (Å²) in [5.74, 6) is 0.699. The third-order valence-electron chi connectivity index (χ3n) is 5.28. The lowest BCUT2D eigenvalue weighted by atomic mass is 9.67. The fraction of sp³-hybridized carbons (Fsp3) is 0.706. The van der Waals surface area contributed by atoms with E-state index in [-0.39, 0.29) is 41.7 Å². The van der Waals surface area contributed by atoms with Gasteiger partial charge in [-0.1, -0.05) is 6.42 Å². The van der Waals surface area contributed by atoms with Gasteiger partial charge >= 0.3 is 0 Å². The predicted octanol–water partition coefficient (Wildman–Crippen LogP) is 0.947. The van der Waals surface area contributed by atoms with Crippen molar-refractivity contribution in [3.63, 3.8) is 0 Å². The summed E-state index contributed by atoms with van der Waals surface area (Å²) in [5, 5.41) is 7.33. The Hall–Kier alpha value is -1.44. The molecule has 2 bridgehead atoms. The van der Waals surface area contributed by atoms with Crippen LogP contribution in [0, 0.1) is 11.8 Å². The second-order valence-corrected chi connectivity index (χ2v) is 6.95. The van der Waals surface area contributed by atoms with Crippen LogP contribution in [0.25, 0.3) is 0 Å². The van der Waals surface area contributed by atoms with Gasteiger partial charge in [-0.2, -0.15) is 5.10 Å². The first-order chi connectivity index (χ1) is 11.6. The molecule has 2 atom stereocenters. The zero-order valence-electron chi connectivity index (χ0n) is 14.5. The summed E-state index contributed by atoms with van der Waals surface area (Å²) in [6.07, 6.45) is 5.41. The molecule has 2 unspecified atom stereocenters. The van der Waals surface area contributed by atoms with Crippen molar-refractivity contribution in [2.45, 2.75) is 50.7 Å². The Morgan fingerprint density at radius 3 is 2.68 bits per heavy atom. The standard InChI is InChI=1S/C17H26N4O3.ClH/c1-24-8-7-21-15(22)6-5-14(20-21)17(23)19-16-11-3-2-4-12(16)10-13(18)9-11;/h5-6,11-13,16H,2-4,7-10,18H2,1H3,(H,19,23);1H. The number of carbonyl (C=O) groups is 1. The first-order valence-corrected chi connectivity index (χ1v) is 8.72. The summed E-state index contributed by atoms with van der Waals surface area (Å²) in [6.45, 7) is 0.711. The highest BCUT2D eigenvalue weighted by molar-refractivity contribution is 5.92. The molecular weight excluding hydrogens is 344 g/mol. The molecule has 0 aliphatic heterocycles. The lowest BCUT2D eigenvalue weighted by molar-refractivity contribution is 0.0748. The molecule has 2 saturated carbocycles. The van der Waals surface area contributed by atoms with E-state index in [0.717, 1.165) is 25.7 Å². The minimum atomic E-state index is -0.232. The Kier molecular flexibility index (Phi) is 6.98. The SMILES string of the molecule is COCCn1nc(C(=O)NC2C3CCCC2CC(N)C3)ccc1=O.Cl. The molecule has 25 heavy (non-hydrogen) atoms. The van der Waals surface area contributed by atoms with Crippen LogP contribution in [0.15, 0.2) is 16.9 Å².